The number of nitrogens with two attached hydrogens (primary N) is 1. The number of nitrogens with one attached hydrogen (secondary N) is 1. The van der Waals surface area contributed by atoms with Crippen LogP contribution in [0.3, 0.4) is 0 Å². The van der Waals surface area contributed by atoms with Gasteiger partial charge in [-0.1, -0.05) is 13.8 Å². The summed E-state index contributed by atoms with van der Waals surface area (Å²) in [4.78, 5) is 31.7. The molecule has 1 aliphatic rings. The average Bonchev–Trinajstić information content (AvgIpc) is 2.49. The molecule has 0 unspecified atom stereocenters. The van der Waals surface area contributed by atoms with Crippen molar-refractivity contribution in [2.75, 3.05) is 5.73 Å². The number of rotatable bonds is 2. The molecule has 118 valence electrons. The second kappa shape index (κ2) is 5.59. The topological polar surface area (TPSA) is 93.8 Å². The van der Waals surface area contributed by atoms with Gasteiger partial charge in [-0.2, -0.15) is 0 Å². The van der Waals surface area contributed by atoms with Crippen molar-refractivity contribution >= 4 is 16.7 Å². The lowest BCUT2D eigenvalue weighted by Crippen LogP contribution is -2.39. The monoisotopic (exact) mass is 302 g/mol. The van der Waals surface area contributed by atoms with Crippen molar-refractivity contribution in [3.63, 3.8) is 0 Å². The van der Waals surface area contributed by atoms with E-state index in [1.54, 1.807) is 6.07 Å². The summed E-state index contributed by atoms with van der Waals surface area (Å²) in [6.07, 6.45) is 5.29. The van der Waals surface area contributed by atoms with E-state index in [9.17, 15) is 9.59 Å². The molecule has 1 saturated carbocycles. The molecule has 1 aliphatic carbocycles. The van der Waals surface area contributed by atoms with Gasteiger partial charge in [0.1, 0.15) is 5.65 Å². The largest absolute Gasteiger partial charge is 0.397 e. The van der Waals surface area contributed by atoms with Gasteiger partial charge in [0.05, 0.1) is 17.3 Å². The summed E-state index contributed by atoms with van der Waals surface area (Å²) in [6.45, 7) is 4.46. The van der Waals surface area contributed by atoms with E-state index in [-0.39, 0.29) is 17.3 Å². The molecule has 0 radical (unpaired) electrons. The first-order valence-corrected chi connectivity index (χ1v) is 7.87. The van der Waals surface area contributed by atoms with E-state index in [4.69, 9.17) is 5.73 Å². The van der Waals surface area contributed by atoms with Crippen LogP contribution < -0.4 is 17.0 Å². The Morgan fingerprint density at radius 3 is 2.59 bits per heavy atom. The molecule has 3 N–H and O–H groups in total. The van der Waals surface area contributed by atoms with Crippen molar-refractivity contribution in [2.45, 2.75) is 45.6 Å². The van der Waals surface area contributed by atoms with Crippen LogP contribution in [0.15, 0.2) is 21.9 Å². The van der Waals surface area contributed by atoms with E-state index in [0.717, 1.165) is 25.7 Å². The zero-order chi connectivity index (χ0) is 15.9. The molecule has 0 bridgehead atoms. The van der Waals surface area contributed by atoms with Crippen LogP contribution in [0.25, 0.3) is 11.0 Å². The Hall–Kier alpha value is -2.11. The number of nitrogens with zero attached hydrogens (tertiary/aromatic N) is 2. The highest BCUT2D eigenvalue weighted by atomic mass is 16.2. The first-order chi connectivity index (χ1) is 10.5. The number of hydrogen-bond acceptors (Lipinski definition) is 4. The zero-order valence-electron chi connectivity index (χ0n) is 13.0. The van der Waals surface area contributed by atoms with Crippen LogP contribution in [0, 0.1) is 11.8 Å². The Morgan fingerprint density at radius 1 is 1.27 bits per heavy atom. The van der Waals surface area contributed by atoms with Gasteiger partial charge >= 0.3 is 5.69 Å². The van der Waals surface area contributed by atoms with Gasteiger partial charge in [-0.05, 0) is 43.6 Å². The van der Waals surface area contributed by atoms with Crippen molar-refractivity contribution < 1.29 is 0 Å². The summed E-state index contributed by atoms with van der Waals surface area (Å²) < 4.78 is 1.36. The van der Waals surface area contributed by atoms with Gasteiger partial charge in [0.2, 0.25) is 0 Å². The third-order valence-corrected chi connectivity index (χ3v) is 4.85. The number of hydrogen-bond donors (Lipinski definition) is 2. The lowest BCUT2D eigenvalue weighted by atomic mass is 9.79. The highest BCUT2D eigenvalue weighted by Gasteiger charge is 2.26. The lowest BCUT2D eigenvalue weighted by molar-refractivity contribution is 0.220. The molecule has 0 saturated heterocycles. The van der Waals surface area contributed by atoms with Gasteiger partial charge in [-0.15, -0.1) is 0 Å². The summed E-state index contributed by atoms with van der Waals surface area (Å²) in [6, 6.07) is 1.55. The summed E-state index contributed by atoms with van der Waals surface area (Å²) in [5.74, 6) is 1.33. The average molecular weight is 302 g/mol. The van der Waals surface area contributed by atoms with Crippen molar-refractivity contribution in [2.24, 2.45) is 11.8 Å². The van der Waals surface area contributed by atoms with Gasteiger partial charge < -0.3 is 5.73 Å². The lowest BCUT2D eigenvalue weighted by Gasteiger charge is -2.31. The van der Waals surface area contributed by atoms with Crippen LogP contribution in [-0.2, 0) is 0 Å². The van der Waals surface area contributed by atoms with Gasteiger partial charge in [0.25, 0.3) is 5.56 Å². The predicted octanol–water partition coefficient (Wildman–Crippen LogP) is 2.05. The van der Waals surface area contributed by atoms with Crippen LogP contribution >= 0.6 is 0 Å². The van der Waals surface area contributed by atoms with E-state index in [1.165, 1.54) is 10.8 Å². The summed E-state index contributed by atoms with van der Waals surface area (Å²) in [5.41, 5.74) is 5.78. The van der Waals surface area contributed by atoms with Crippen LogP contribution in [0.5, 0.6) is 0 Å². The Balaban J connectivity index is 2.01. The number of H-pyrrole nitrogens is 1. The van der Waals surface area contributed by atoms with E-state index in [0.29, 0.717) is 28.6 Å². The number of nitrogen functional groups attached to an aromatic ring is 1. The minimum atomic E-state index is -0.372. The fraction of sp³-hybridized carbons (Fsp3) is 0.562. The summed E-state index contributed by atoms with van der Waals surface area (Å²) in [7, 11) is 0. The van der Waals surface area contributed by atoms with Gasteiger partial charge in [-0.3, -0.25) is 14.3 Å². The number of pyridine rings is 1. The maximum absolute atomic E-state index is 12.7. The minimum Gasteiger partial charge on any atom is -0.397 e. The summed E-state index contributed by atoms with van der Waals surface area (Å²) >= 11 is 0. The first-order valence-electron chi connectivity index (χ1n) is 7.87. The zero-order valence-corrected chi connectivity index (χ0v) is 13.0. The number of aromatic nitrogens is 3. The van der Waals surface area contributed by atoms with E-state index < -0.39 is 0 Å². The summed E-state index contributed by atoms with van der Waals surface area (Å²) in [5, 5.41) is 0.380. The van der Waals surface area contributed by atoms with Crippen molar-refractivity contribution in [3.8, 4) is 0 Å². The molecule has 0 spiro atoms. The van der Waals surface area contributed by atoms with E-state index in [2.05, 4.69) is 23.8 Å². The molecular weight excluding hydrogens is 280 g/mol. The third kappa shape index (κ3) is 2.53. The molecule has 6 nitrogen and oxygen atoms in total. The van der Waals surface area contributed by atoms with Crippen LogP contribution in [0.2, 0.25) is 0 Å². The Kier molecular flexibility index (Phi) is 3.76. The molecule has 0 atom stereocenters. The minimum absolute atomic E-state index is 0.0305. The SMILES string of the molecule is CC(C)[C@H]1CC[C@@H](n2c(=O)[nH]c3ncc(N)cc3c2=O)CC1. The number of anilines is 1. The second-order valence-corrected chi connectivity index (χ2v) is 6.58. The maximum Gasteiger partial charge on any atom is 0.330 e. The molecule has 0 aliphatic heterocycles. The van der Waals surface area contributed by atoms with Crippen molar-refractivity contribution in [1.29, 1.82) is 0 Å². The van der Waals surface area contributed by atoms with E-state index >= 15 is 0 Å². The number of fused-ring (bicyclic) bond motifs is 1. The second-order valence-electron chi connectivity index (χ2n) is 6.58. The van der Waals surface area contributed by atoms with E-state index in [1.807, 2.05) is 0 Å². The fourth-order valence-corrected chi connectivity index (χ4v) is 3.49. The van der Waals surface area contributed by atoms with Crippen molar-refractivity contribution in [3.05, 3.63) is 33.1 Å². The normalized spacial score (nSPS) is 22.3. The Labute approximate surface area is 128 Å². The molecule has 22 heavy (non-hydrogen) atoms. The van der Waals surface area contributed by atoms with Crippen LogP contribution in [-0.4, -0.2) is 14.5 Å². The predicted molar refractivity (Wildman–Crippen MR) is 86.9 cm³/mol. The van der Waals surface area contributed by atoms with Crippen molar-refractivity contribution in [1.82, 2.24) is 14.5 Å². The standard InChI is InChI=1S/C16H22N4O2/c1-9(2)10-3-5-12(6-4-10)20-15(21)13-7-11(17)8-18-14(13)19-16(20)22/h7-10,12H,3-6,17H2,1-2H3,(H,18,19,22)/t10-,12+. The molecule has 1 fully saturated rings. The third-order valence-electron chi connectivity index (χ3n) is 4.85. The maximum atomic E-state index is 12.7. The van der Waals surface area contributed by atoms with Gasteiger partial charge in [0.15, 0.2) is 0 Å². The Morgan fingerprint density at radius 2 is 1.95 bits per heavy atom. The smallest absolute Gasteiger partial charge is 0.330 e. The molecular formula is C16H22N4O2. The van der Waals surface area contributed by atoms with Gasteiger partial charge in [-0.25, -0.2) is 9.78 Å². The molecule has 0 aromatic carbocycles. The Bertz CT molecular complexity index is 798. The van der Waals surface area contributed by atoms with Crippen LogP contribution in [0.4, 0.5) is 5.69 Å². The fourth-order valence-electron chi connectivity index (χ4n) is 3.49. The molecule has 2 aromatic heterocycles. The highest BCUT2D eigenvalue weighted by Crippen LogP contribution is 2.34. The number of aromatic amines is 1. The van der Waals surface area contributed by atoms with Crippen LogP contribution in [0.1, 0.15) is 45.6 Å². The molecule has 3 rings (SSSR count). The molecule has 2 heterocycles. The highest BCUT2D eigenvalue weighted by molar-refractivity contribution is 5.76. The van der Waals surface area contributed by atoms with Gasteiger partial charge in [0, 0.05) is 6.04 Å². The quantitative estimate of drug-likeness (QED) is 0.887. The molecule has 2 aromatic rings. The molecule has 0 amide bonds. The molecule has 6 heteroatoms. The first kappa shape index (κ1) is 14.8.